The lowest BCUT2D eigenvalue weighted by Crippen LogP contribution is -2.51. The molecule has 0 spiro atoms. The Morgan fingerprint density at radius 1 is 0.943 bits per heavy atom. The van der Waals surface area contributed by atoms with Crippen LogP contribution in [0.25, 0.3) is 11.0 Å². The van der Waals surface area contributed by atoms with Gasteiger partial charge in [0.05, 0.1) is 30.2 Å². The van der Waals surface area contributed by atoms with Crippen LogP contribution >= 0.6 is 0 Å². The van der Waals surface area contributed by atoms with Crippen molar-refractivity contribution in [2.45, 2.75) is 19.9 Å². The summed E-state index contributed by atoms with van der Waals surface area (Å²) in [5.74, 6) is -2.18. The third kappa shape index (κ3) is 3.99. The van der Waals surface area contributed by atoms with Gasteiger partial charge in [0.2, 0.25) is 11.9 Å². The maximum atomic E-state index is 13.9. The molecule has 1 aliphatic heterocycles. The van der Waals surface area contributed by atoms with Crippen molar-refractivity contribution in [3.63, 3.8) is 0 Å². The minimum Gasteiger partial charge on any atom is -0.465 e. The summed E-state index contributed by atoms with van der Waals surface area (Å²) in [4.78, 5) is 46.4. The molecule has 7 nitrogen and oxygen atoms in total. The zero-order chi connectivity index (χ0) is 24.5. The number of benzene rings is 3. The number of anilines is 1. The predicted octanol–water partition coefficient (Wildman–Crippen LogP) is 4.34. The fraction of sp³-hybridized carbons (Fsp3) is 0.214. The van der Waals surface area contributed by atoms with Gasteiger partial charge in [0, 0.05) is 5.56 Å². The number of hydrogen-bond acceptors (Lipinski definition) is 5. The number of fused-ring (bicyclic) bond motifs is 3. The van der Waals surface area contributed by atoms with Gasteiger partial charge in [-0.05, 0) is 31.5 Å². The number of hydrogen-bond donors (Lipinski definition) is 0. The molecule has 2 heterocycles. The van der Waals surface area contributed by atoms with Crippen molar-refractivity contribution in [1.29, 1.82) is 0 Å². The van der Waals surface area contributed by atoms with Crippen LogP contribution in [0.1, 0.15) is 34.5 Å². The van der Waals surface area contributed by atoms with E-state index in [9.17, 15) is 14.4 Å². The molecule has 1 aromatic heterocycles. The largest absolute Gasteiger partial charge is 0.465 e. The quantitative estimate of drug-likeness (QED) is 0.239. The molecular weight excluding hydrogens is 442 g/mol. The van der Waals surface area contributed by atoms with Crippen LogP contribution in [0.4, 0.5) is 5.95 Å². The Labute approximate surface area is 203 Å². The minimum absolute atomic E-state index is 0.143. The molecule has 5 rings (SSSR count). The lowest BCUT2D eigenvalue weighted by molar-refractivity contribution is -0.153. The molecule has 4 aromatic rings. The summed E-state index contributed by atoms with van der Waals surface area (Å²) < 4.78 is 7.24. The van der Waals surface area contributed by atoms with E-state index in [2.05, 4.69) is 0 Å². The summed E-state index contributed by atoms with van der Waals surface area (Å²) >= 11 is 0. The van der Waals surface area contributed by atoms with Gasteiger partial charge in [-0.15, -0.1) is 0 Å². The zero-order valence-electron chi connectivity index (χ0n) is 19.5. The maximum Gasteiger partial charge on any atom is 0.321 e. The molecule has 1 aliphatic rings. The number of aromatic nitrogens is 2. The van der Waals surface area contributed by atoms with Crippen molar-refractivity contribution in [1.82, 2.24) is 9.55 Å². The first-order valence-corrected chi connectivity index (χ1v) is 11.6. The number of esters is 1. The van der Waals surface area contributed by atoms with Crippen molar-refractivity contribution in [3.05, 3.63) is 95.6 Å². The van der Waals surface area contributed by atoms with E-state index >= 15 is 0 Å². The fourth-order valence-electron chi connectivity index (χ4n) is 4.62. The van der Waals surface area contributed by atoms with Crippen LogP contribution in [0.2, 0.25) is 0 Å². The van der Waals surface area contributed by atoms with E-state index in [1.54, 1.807) is 19.1 Å². The molecule has 0 saturated heterocycles. The van der Waals surface area contributed by atoms with Gasteiger partial charge in [-0.2, -0.15) is 0 Å². The molecule has 0 radical (unpaired) electrons. The SMILES string of the molecule is CCOC(=O)[C@@H]1C(=O)N(CC(=O)c2ccc(C)cc2)c2nc3ccccc3n2[C@@H]1c1ccccc1. The van der Waals surface area contributed by atoms with Crippen LogP contribution in [-0.2, 0) is 14.3 Å². The monoisotopic (exact) mass is 467 g/mol. The van der Waals surface area contributed by atoms with Gasteiger partial charge < -0.3 is 9.30 Å². The van der Waals surface area contributed by atoms with E-state index in [1.807, 2.05) is 78.2 Å². The summed E-state index contributed by atoms with van der Waals surface area (Å²) in [7, 11) is 0. The van der Waals surface area contributed by atoms with Crippen molar-refractivity contribution in [3.8, 4) is 0 Å². The maximum absolute atomic E-state index is 13.9. The highest BCUT2D eigenvalue weighted by atomic mass is 16.5. The van der Waals surface area contributed by atoms with Crippen molar-refractivity contribution in [2.75, 3.05) is 18.1 Å². The fourth-order valence-corrected chi connectivity index (χ4v) is 4.62. The molecular formula is C28H25N3O4. The van der Waals surface area contributed by atoms with E-state index in [4.69, 9.17) is 9.72 Å². The standard InChI is InChI=1S/C28H25N3O4/c1-3-35-27(34)24-25(20-9-5-4-6-10-20)31-22-12-8-7-11-21(22)29-28(31)30(26(24)33)17-23(32)19-15-13-18(2)14-16-19/h4-16,24-25H,3,17H2,1-2H3/t24-,25+/m0/s1. The first-order chi connectivity index (χ1) is 17.0. The molecule has 0 fully saturated rings. The third-order valence-electron chi connectivity index (χ3n) is 6.30. The second-order valence-electron chi connectivity index (χ2n) is 8.57. The van der Waals surface area contributed by atoms with Gasteiger partial charge in [0.25, 0.3) is 0 Å². The van der Waals surface area contributed by atoms with Crippen molar-refractivity contribution >= 4 is 34.6 Å². The van der Waals surface area contributed by atoms with Gasteiger partial charge in [-0.3, -0.25) is 19.3 Å². The second kappa shape index (κ2) is 9.18. The van der Waals surface area contributed by atoms with Crippen LogP contribution in [0, 0.1) is 12.8 Å². The molecule has 0 saturated carbocycles. The Bertz CT molecular complexity index is 1410. The van der Waals surface area contributed by atoms with Gasteiger partial charge >= 0.3 is 5.97 Å². The number of imidazole rings is 1. The van der Waals surface area contributed by atoms with Crippen LogP contribution in [0.3, 0.4) is 0 Å². The minimum atomic E-state index is -1.16. The number of rotatable bonds is 6. The molecule has 0 N–H and O–H groups in total. The first-order valence-electron chi connectivity index (χ1n) is 11.6. The normalized spacial score (nSPS) is 17.3. The average molecular weight is 468 g/mol. The highest BCUT2D eigenvalue weighted by Gasteiger charge is 2.48. The summed E-state index contributed by atoms with van der Waals surface area (Å²) in [6.07, 6.45) is 0. The number of aryl methyl sites for hydroxylation is 1. The van der Waals surface area contributed by atoms with Crippen LogP contribution < -0.4 is 4.90 Å². The number of para-hydroxylation sites is 2. The topological polar surface area (TPSA) is 81.5 Å². The highest BCUT2D eigenvalue weighted by molar-refractivity contribution is 6.12. The number of ketones is 1. The first kappa shape index (κ1) is 22.5. The Morgan fingerprint density at radius 2 is 1.63 bits per heavy atom. The molecule has 1 amide bonds. The molecule has 2 atom stereocenters. The van der Waals surface area contributed by atoms with Crippen LogP contribution in [0.15, 0.2) is 78.9 Å². The molecule has 0 bridgehead atoms. The summed E-state index contributed by atoms with van der Waals surface area (Å²) in [6.45, 7) is 3.56. The molecule has 7 heteroatoms. The van der Waals surface area contributed by atoms with Crippen molar-refractivity contribution < 1.29 is 19.1 Å². The second-order valence-corrected chi connectivity index (χ2v) is 8.57. The Kier molecular flexibility index (Phi) is 5.91. The van der Waals surface area contributed by atoms with E-state index in [0.717, 1.165) is 16.6 Å². The molecule has 0 unspecified atom stereocenters. The van der Waals surface area contributed by atoms with E-state index in [0.29, 0.717) is 17.0 Å². The van der Waals surface area contributed by atoms with Gasteiger partial charge in [0.15, 0.2) is 11.7 Å². The highest BCUT2D eigenvalue weighted by Crippen LogP contribution is 2.41. The van der Waals surface area contributed by atoms with Crippen molar-refractivity contribution in [2.24, 2.45) is 5.92 Å². The van der Waals surface area contributed by atoms with E-state index in [1.165, 1.54) is 4.90 Å². The number of Topliss-reactive ketones (excluding diaryl/α,β-unsaturated/α-hetero) is 1. The molecule has 35 heavy (non-hydrogen) atoms. The third-order valence-corrected chi connectivity index (χ3v) is 6.30. The lowest BCUT2D eigenvalue weighted by atomic mass is 9.89. The average Bonchev–Trinajstić information content (AvgIpc) is 3.25. The van der Waals surface area contributed by atoms with E-state index in [-0.39, 0.29) is 18.9 Å². The van der Waals surface area contributed by atoms with Gasteiger partial charge in [0.1, 0.15) is 0 Å². The Morgan fingerprint density at radius 3 is 2.34 bits per heavy atom. The molecule has 176 valence electrons. The number of amides is 1. The van der Waals surface area contributed by atoms with E-state index < -0.39 is 23.8 Å². The summed E-state index contributed by atoms with van der Waals surface area (Å²) in [5, 5.41) is 0. The predicted molar refractivity (Wildman–Crippen MR) is 132 cm³/mol. The summed E-state index contributed by atoms with van der Waals surface area (Å²) in [6, 6.07) is 23.4. The lowest BCUT2D eigenvalue weighted by Gasteiger charge is -2.37. The Hall–Kier alpha value is -4.26. The van der Waals surface area contributed by atoms with Crippen LogP contribution in [0.5, 0.6) is 0 Å². The number of carbonyl (C=O) groups is 3. The number of ether oxygens (including phenoxy) is 1. The number of carbonyl (C=O) groups excluding carboxylic acids is 3. The van der Waals surface area contributed by atoms with Gasteiger partial charge in [-0.1, -0.05) is 72.3 Å². The zero-order valence-corrected chi connectivity index (χ0v) is 19.5. The van der Waals surface area contributed by atoms with Crippen LogP contribution in [-0.4, -0.2) is 40.4 Å². The summed E-state index contributed by atoms with van der Waals surface area (Å²) in [5.41, 5.74) is 3.75. The smallest absolute Gasteiger partial charge is 0.321 e. The molecule has 0 aliphatic carbocycles. The van der Waals surface area contributed by atoms with Gasteiger partial charge in [-0.25, -0.2) is 4.98 Å². The Balaban J connectivity index is 1.68. The number of nitrogens with zero attached hydrogens (tertiary/aromatic N) is 3. The molecule has 3 aromatic carbocycles.